The monoisotopic (exact) mass is 978 g/mol. The van der Waals surface area contributed by atoms with Gasteiger partial charge in [0.25, 0.3) is 0 Å². The van der Waals surface area contributed by atoms with Gasteiger partial charge < -0.3 is 29.5 Å². The summed E-state index contributed by atoms with van der Waals surface area (Å²) in [5, 5.41) is 29.1. The highest BCUT2D eigenvalue weighted by molar-refractivity contribution is 14.2. The van der Waals surface area contributed by atoms with E-state index >= 15 is 0 Å². The Bertz CT molecular complexity index is 2030. The van der Waals surface area contributed by atoms with Crippen molar-refractivity contribution in [3.63, 3.8) is 0 Å². The lowest BCUT2D eigenvalue weighted by atomic mass is 9.64. The number of hydrogen-bond donors (Lipinski definition) is 4. The number of unbranched alkanes of at least 4 members (excludes halogenated alkanes) is 2. The van der Waals surface area contributed by atoms with Gasteiger partial charge in [0.1, 0.15) is 24.0 Å². The number of aliphatic hydroxyl groups is 2. The Morgan fingerprint density at radius 2 is 1.18 bits per heavy atom. The molecule has 1 aliphatic rings. The largest absolute Gasteiger partial charge is 0.497 e. The Labute approximate surface area is 382 Å². The number of nitrogens with two attached hydrogens (primary N) is 1. The molecule has 1 heterocycles. The molecule has 0 aliphatic carbocycles. The van der Waals surface area contributed by atoms with Crippen LogP contribution in [0.2, 0.25) is 0 Å². The number of hydrogen-bond acceptors (Lipinski definition) is 10. The highest BCUT2D eigenvalue weighted by atomic mass is 127. The molecule has 3 atom stereocenters. The van der Waals surface area contributed by atoms with E-state index in [9.17, 15) is 10.2 Å². The zero-order valence-electron chi connectivity index (χ0n) is 36.5. The van der Waals surface area contributed by atoms with E-state index < -0.39 is 23.8 Å². The molecular weight excluding hydrogens is 915 g/mol. The van der Waals surface area contributed by atoms with Crippen molar-refractivity contribution in [3.8, 4) is 11.5 Å². The van der Waals surface area contributed by atoms with E-state index in [0.717, 1.165) is 99.1 Å². The molecule has 0 radical (unpaired) electrons. The molecule has 0 saturated carbocycles. The van der Waals surface area contributed by atoms with E-state index in [1.165, 1.54) is 0 Å². The fraction of sp³-hybridized carbons (Fsp3) is 0.388. The van der Waals surface area contributed by atoms with Crippen LogP contribution in [0.1, 0.15) is 101 Å². The molecule has 0 amide bonds. The highest BCUT2D eigenvalue weighted by Gasteiger charge is 2.45. The number of aliphatic hydroxyl groups excluding tert-OH is 2. The van der Waals surface area contributed by atoms with E-state index in [4.69, 9.17) is 19.9 Å². The van der Waals surface area contributed by atoms with Crippen LogP contribution in [-0.4, -0.2) is 59.9 Å². The molecule has 6 rings (SSSR count). The second-order valence-electron chi connectivity index (χ2n) is 15.2. The van der Waals surface area contributed by atoms with Crippen LogP contribution in [0.15, 0.2) is 125 Å². The van der Waals surface area contributed by atoms with Crippen molar-refractivity contribution in [1.82, 2.24) is 5.01 Å². The minimum Gasteiger partial charge on any atom is -0.497 e. The summed E-state index contributed by atoms with van der Waals surface area (Å²) >= 11 is 3.50. The molecule has 9 nitrogen and oxygen atoms in total. The summed E-state index contributed by atoms with van der Waals surface area (Å²) in [5.74, 6) is 0.405. The molecule has 61 heavy (non-hydrogen) atoms. The van der Waals surface area contributed by atoms with Crippen molar-refractivity contribution < 1.29 is 24.6 Å². The lowest BCUT2D eigenvalue weighted by molar-refractivity contribution is -0.00465. The molecular formula is C49H64IN4O5PS. The second kappa shape index (κ2) is 23.9. The van der Waals surface area contributed by atoms with Gasteiger partial charge in [-0.2, -0.15) is 5.01 Å². The van der Waals surface area contributed by atoms with Crippen LogP contribution in [-0.2, 0) is 5.41 Å². The van der Waals surface area contributed by atoms with Crippen LogP contribution in [0.25, 0.3) is 0 Å². The summed E-state index contributed by atoms with van der Waals surface area (Å²) in [7, 11) is 3.40. The van der Waals surface area contributed by atoms with E-state index in [-0.39, 0.29) is 0 Å². The summed E-state index contributed by atoms with van der Waals surface area (Å²) in [6.45, 7) is 10.0. The minimum atomic E-state index is -1.15. The first-order valence-corrected chi connectivity index (χ1v) is 26.4. The van der Waals surface area contributed by atoms with Gasteiger partial charge >= 0.3 is 0 Å². The second-order valence-corrected chi connectivity index (χ2v) is 19.8. The Kier molecular flexibility index (Phi) is 19.0. The summed E-state index contributed by atoms with van der Waals surface area (Å²) in [5.41, 5.74) is 11.1. The Morgan fingerprint density at radius 3 is 1.72 bits per heavy atom. The van der Waals surface area contributed by atoms with Crippen LogP contribution in [0.4, 0.5) is 17.1 Å². The molecule has 0 spiro atoms. The average Bonchev–Trinajstić information content (AvgIpc) is 3.27. The van der Waals surface area contributed by atoms with Crippen molar-refractivity contribution in [3.05, 3.63) is 138 Å². The molecule has 0 bridgehead atoms. The fourth-order valence-corrected chi connectivity index (χ4v) is 9.32. The van der Waals surface area contributed by atoms with Crippen molar-refractivity contribution in [2.75, 3.05) is 37.2 Å². The summed E-state index contributed by atoms with van der Waals surface area (Å²) < 4.78 is 11.4. The van der Waals surface area contributed by atoms with E-state index in [1.54, 1.807) is 48.0 Å². The third-order valence-corrected chi connectivity index (χ3v) is 12.2. The van der Waals surface area contributed by atoms with Gasteiger partial charge in [-0.3, -0.25) is 10.5 Å². The number of fused-ring (bicyclic) bond motifs is 2. The van der Waals surface area contributed by atoms with Crippen molar-refractivity contribution >= 4 is 56.8 Å². The molecule has 0 fully saturated rings. The van der Waals surface area contributed by atoms with Crippen molar-refractivity contribution in [1.29, 1.82) is 0 Å². The van der Waals surface area contributed by atoms with E-state index in [1.807, 2.05) is 24.3 Å². The van der Waals surface area contributed by atoms with Crippen molar-refractivity contribution in [2.24, 2.45) is 5.50 Å². The first kappa shape index (κ1) is 48.6. The number of hydrazine groups is 1. The zero-order valence-corrected chi connectivity index (χ0v) is 40.4. The van der Waals surface area contributed by atoms with E-state index in [2.05, 4.69) is 134 Å². The molecule has 0 aromatic heterocycles. The highest BCUT2D eigenvalue weighted by Crippen LogP contribution is 2.58. The maximum Gasteiger partial charge on any atom is 0.164 e. The van der Waals surface area contributed by atoms with Gasteiger partial charge in [-0.1, -0.05) is 138 Å². The minimum absolute atomic E-state index is 0.609. The van der Waals surface area contributed by atoms with Gasteiger partial charge in [0.05, 0.1) is 36.7 Å². The van der Waals surface area contributed by atoms with Gasteiger partial charge in [0.2, 0.25) is 0 Å². The lowest BCUT2D eigenvalue weighted by Gasteiger charge is -2.48. The standard InChI is InChI=1S/C49H61N3O4S.H3INOP/c1-7-11-34-50(45(53)18-9-3)47-41(32-33-44-48(47)52(42-22-16-17-23-43(42)57-44)51(35-12-8-2)46(54)19-10-4)49(36-20-14-13-15-21-36,37-24-28-39(55-5)29-25-37)38-26-30-40(56-6)31-27-38;1-4(2)3/h13-17,20-33,45-46,53-54H,7-12,18-19,34-35H2,1-6H3;3H,2H2. The van der Waals surface area contributed by atoms with Crippen LogP contribution in [0, 0.1) is 0 Å². The van der Waals surface area contributed by atoms with Crippen LogP contribution >= 0.6 is 39.7 Å². The number of nitrogens with zero attached hydrogens (tertiary/aromatic N) is 3. The predicted octanol–water partition coefficient (Wildman–Crippen LogP) is 12.1. The van der Waals surface area contributed by atoms with Gasteiger partial charge in [-0.05, 0) is 112 Å². The fourth-order valence-electron chi connectivity index (χ4n) is 8.26. The molecule has 5 aromatic carbocycles. The topological polar surface area (TPSA) is 115 Å². The molecule has 12 heteroatoms. The quantitative estimate of drug-likeness (QED) is 0.0260. The zero-order chi connectivity index (χ0) is 43.9. The van der Waals surface area contributed by atoms with Crippen molar-refractivity contribution in [2.45, 2.75) is 107 Å². The maximum absolute atomic E-state index is 12.5. The van der Waals surface area contributed by atoms with Gasteiger partial charge in [0.15, 0.2) is 5.94 Å². The number of benzene rings is 5. The van der Waals surface area contributed by atoms with Gasteiger partial charge in [0, 0.05) is 22.9 Å². The first-order chi connectivity index (χ1) is 29.6. The van der Waals surface area contributed by atoms with E-state index in [0.29, 0.717) is 25.9 Å². The molecule has 1 aliphatic heterocycles. The summed E-state index contributed by atoms with van der Waals surface area (Å²) in [4.78, 5) is 12.4. The summed E-state index contributed by atoms with van der Waals surface area (Å²) in [6, 6.07) is 40.7. The number of anilines is 3. The SMILES string of the molecule is CCCCN(c1c(C(c2ccccc2)(c2ccc(OC)cc2)c2ccc(OC)cc2)ccc2c1N(N(CCCC)C(O)CCC)c1ccccc1S2)C(O)CCC.NP(O)I. The maximum atomic E-state index is 12.5. The molecule has 3 unspecified atom stereocenters. The van der Waals surface area contributed by atoms with Crippen LogP contribution in [0.5, 0.6) is 11.5 Å². The third-order valence-electron chi connectivity index (χ3n) is 11.1. The smallest absolute Gasteiger partial charge is 0.164 e. The third kappa shape index (κ3) is 11.2. The number of rotatable bonds is 20. The summed E-state index contributed by atoms with van der Waals surface area (Å²) in [6.07, 6.45) is 5.22. The van der Waals surface area contributed by atoms with Gasteiger partial charge in [-0.25, -0.2) is 0 Å². The Morgan fingerprint density at radius 1 is 0.672 bits per heavy atom. The lowest BCUT2D eigenvalue weighted by Crippen LogP contribution is -2.49. The number of halogens is 1. The molecule has 328 valence electrons. The normalized spacial score (nSPS) is 13.7. The van der Waals surface area contributed by atoms with Crippen LogP contribution in [0.3, 0.4) is 0 Å². The average molecular weight is 979 g/mol. The number of para-hydroxylation sites is 1. The molecule has 5 aromatic rings. The number of ether oxygens (including phenoxy) is 2. The van der Waals surface area contributed by atoms with Gasteiger partial charge in [-0.15, -0.1) is 0 Å². The number of methoxy groups -OCH3 is 2. The predicted molar refractivity (Wildman–Crippen MR) is 264 cm³/mol. The Balaban J connectivity index is 0.00000168. The van der Waals surface area contributed by atoms with Crippen LogP contribution < -0.4 is 24.9 Å². The first-order valence-electron chi connectivity index (χ1n) is 21.5. The molecule has 5 N–H and O–H groups in total. The Hall–Kier alpha value is -3.39. The molecule has 0 saturated heterocycles.